The first-order valence-electron chi connectivity index (χ1n) is 11.7. The molecule has 0 saturated heterocycles. The number of nitrogens with zero attached hydrogens (tertiary/aromatic N) is 1. The Balaban J connectivity index is 3.24. The summed E-state index contributed by atoms with van der Waals surface area (Å²) in [4.78, 5) is 24.7. The average Bonchev–Trinajstić information content (AvgIpc) is 2.70. The molecule has 0 bridgehead atoms. The van der Waals surface area contributed by atoms with Crippen LogP contribution in [0.3, 0.4) is 0 Å². The van der Waals surface area contributed by atoms with Crippen LogP contribution < -0.4 is 5.32 Å². The number of hydrogen-bond acceptors (Lipinski definition) is 6. The molecule has 0 unspecified atom stereocenters. The number of alkyl halides is 6. The predicted octanol–water partition coefficient (Wildman–Crippen LogP) is 6.23. The highest BCUT2D eigenvalue weighted by molar-refractivity contribution is 9.10. The van der Waals surface area contributed by atoms with Crippen LogP contribution >= 0.6 is 15.9 Å². The molecular formula is C24H31BrF6N2O6S. The number of ether oxygens (including phenoxy) is 2. The lowest BCUT2D eigenvalue weighted by Gasteiger charge is -2.37. The first-order chi connectivity index (χ1) is 17.8. The van der Waals surface area contributed by atoms with Crippen molar-refractivity contribution in [2.75, 3.05) is 5.75 Å². The van der Waals surface area contributed by atoms with Gasteiger partial charge in [0.05, 0.1) is 5.75 Å². The highest BCUT2D eigenvalue weighted by Crippen LogP contribution is 2.54. The molecule has 0 saturated carbocycles. The zero-order chi connectivity index (χ0) is 31.4. The van der Waals surface area contributed by atoms with E-state index in [1.807, 2.05) is 0 Å². The monoisotopic (exact) mass is 668 g/mol. The zero-order valence-electron chi connectivity index (χ0n) is 22.5. The van der Waals surface area contributed by atoms with E-state index in [1.165, 1.54) is 20.8 Å². The molecule has 0 aliphatic rings. The van der Waals surface area contributed by atoms with Crippen molar-refractivity contribution in [3.8, 4) is 0 Å². The van der Waals surface area contributed by atoms with Crippen LogP contribution in [0.2, 0.25) is 0 Å². The largest absolute Gasteiger partial charge is 0.458 e. The third-order valence-corrected chi connectivity index (χ3v) is 6.72. The summed E-state index contributed by atoms with van der Waals surface area (Å²) in [7, 11) is -4.90. The Morgan fingerprint density at radius 2 is 1.40 bits per heavy atom. The Labute approximate surface area is 237 Å². The van der Waals surface area contributed by atoms with E-state index in [1.54, 1.807) is 20.8 Å². The number of amides is 1. The average molecular weight is 669 g/mol. The van der Waals surface area contributed by atoms with Gasteiger partial charge in [0.25, 0.3) is 10.0 Å². The van der Waals surface area contributed by atoms with Crippen LogP contribution in [0.15, 0.2) is 33.1 Å². The van der Waals surface area contributed by atoms with Crippen LogP contribution in [-0.4, -0.2) is 62.0 Å². The van der Waals surface area contributed by atoms with E-state index < -0.39 is 81.3 Å². The minimum atomic E-state index is -5.91. The molecular weight excluding hydrogens is 638 g/mol. The van der Waals surface area contributed by atoms with Crippen LogP contribution in [-0.2, 0) is 29.7 Å². The Morgan fingerprint density at radius 3 is 1.82 bits per heavy atom. The molecule has 16 heteroatoms. The van der Waals surface area contributed by atoms with Crippen molar-refractivity contribution in [3.05, 3.63) is 34.3 Å². The molecule has 0 aliphatic carbocycles. The van der Waals surface area contributed by atoms with Gasteiger partial charge in [-0.15, -0.1) is 0 Å². The SMILES string of the molecule is CC(C)(C)OC(=O)N[C@@H](CC=NS(=O)(=O)CCC(c1ccc(Br)cc1)(C(F)(F)F)C(F)(F)F)C(=O)OC(C)(C)C. The van der Waals surface area contributed by atoms with Crippen molar-refractivity contribution in [2.24, 2.45) is 4.40 Å². The number of esters is 1. The molecule has 1 aromatic carbocycles. The molecule has 0 heterocycles. The van der Waals surface area contributed by atoms with Gasteiger partial charge in [-0.3, -0.25) is 0 Å². The van der Waals surface area contributed by atoms with Gasteiger partial charge in [0.1, 0.15) is 17.2 Å². The van der Waals surface area contributed by atoms with E-state index in [4.69, 9.17) is 9.47 Å². The van der Waals surface area contributed by atoms with Gasteiger partial charge in [-0.2, -0.15) is 30.7 Å². The molecule has 0 fully saturated rings. The lowest BCUT2D eigenvalue weighted by Crippen LogP contribution is -2.54. The van der Waals surface area contributed by atoms with Crippen LogP contribution in [0, 0.1) is 0 Å². The predicted molar refractivity (Wildman–Crippen MR) is 138 cm³/mol. The lowest BCUT2D eigenvalue weighted by molar-refractivity contribution is -0.304. The third kappa shape index (κ3) is 10.6. The normalized spacial score (nSPS) is 14.6. The molecule has 0 aromatic heterocycles. The fourth-order valence-corrected chi connectivity index (χ4v) is 4.53. The number of hydrogen-bond donors (Lipinski definition) is 1. The number of carbonyl (C=O) groups is 2. The van der Waals surface area contributed by atoms with Crippen LogP contribution in [0.5, 0.6) is 0 Å². The fraction of sp³-hybridized carbons (Fsp3) is 0.625. The highest BCUT2D eigenvalue weighted by atomic mass is 79.9. The summed E-state index contributed by atoms with van der Waals surface area (Å²) in [6, 6.07) is 1.63. The van der Waals surface area contributed by atoms with E-state index >= 15 is 0 Å². The number of benzene rings is 1. The van der Waals surface area contributed by atoms with Gasteiger partial charge < -0.3 is 14.8 Å². The van der Waals surface area contributed by atoms with Crippen molar-refractivity contribution in [1.29, 1.82) is 0 Å². The Hall–Kier alpha value is -2.36. The minimum Gasteiger partial charge on any atom is -0.458 e. The molecule has 228 valence electrons. The van der Waals surface area contributed by atoms with Crippen LogP contribution in [0.25, 0.3) is 0 Å². The Morgan fingerprint density at radius 1 is 0.925 bits per heavy atom. The molecule has 1 atom stereocenters. The maximum absolute atomic E-state index is 14.0. The summed E-state index contributed by atoms with van der Waals surface area (Å²) in [6.45, 7) is 9.19. The quantitative estimate of drug-likeness (QED) is 0.190. The lowest BCUT2D eigenvalue weighted by atomic mass is 9.76. The van der Waals surface area contributed by atoms with E-state index in [2.05, 4.69) is 25.6 Å². The summed E-state index contributed by atoms with van der Waals surface area (Å²) >= 11 is 2.93. The molecule has 1 aromatic rings. The maximum atomic E-state index is 14.0. The van der Waals surface area contributed by atoms with Gasteiger partial charge in [-0.1, -0.05) is 28.1 Å². The van der Waals surface area contributed by atoms with Gasteiger partial charge in [0, 0.05) is 17.1 Å². The number of alkyl carbamates (subject to hydrolysis) is 1. The third-order valence-electron chi connectivity index (χ3n) is 5.00. The second-order valence-corrected chi connectivity index (χ2v) is 13.4. The fourth-order valence-electron chi connectivity index (χ4n) is 3.28. The van der Waals surface area contributed by atoms with Crippen molar-refractivity contribution >= 4 is 44.2 Å². The van der Waals surface area contributed by atoms with Crippen molar-refractivity contribution in [3.63, 3.8) is 0 Å². The summed E-state index contributed by atoms with van der Waals surface area (Å²) in [5, 5.41) is 2.18. The molecule has 1 amide bonds. The molecule has 1 N–H and O–H groups in total. The first-order valence-corrected chi connectivity index (χ1v) is 14.1. The summed E-state index contributed by atoms with van der Waals surface area (Å²) in [5.74, 6) is -2.64. The first kappa shape index (κ1) is 35.7. The van der Waals surface area contributed by atoms with Crippen molar-refractivity contribution in [1.82, 2.24) is 5.32 Å². The maximum Gasteiger partial charge on any atom is 0.408 e. The topological polar surface area (TPSA) is 111 Å². The van der Waals surface area contributed by atoms with Gasteiger partial charge in [0.15, 0.2) is 5.41 Å². The molecule has 1 rings (SSSR count). The Bertz CT molecular complexity index is 1160. The molecule has 0 aliphatic heterocycles. The van der Waals surface area contributed by atoms with Gasteiger partial charge in [-0.25, -0.2) is 18.0 Å². The van der Waals surface area contributed by atoms with E-state index in [0.29, 0.717) is 18.3 Å². The zero-order valence-corrected chi connectivity index (χ0v) is 24.9. The molecule has 0 spiro atoms. The Kier molecular flexibility index (Phi) is 11.3. The molecule has 8 nitrogen and oxygen atoms in total. The highest BCUT2D eigenvalue weighted by Gasteiger charge is 2.71. The minimum absolute atomic E-state index is 0.214. The van der Waals surface area contributed by atoms with E-state index in [-0.39, 0.29) is 4.47 Å². The number of sulfonamides is 1. The van der Waals surface area contributed by atoms with Crippen molar-refractivity contribution in [2.45, 2.75) is 89.4 Å². The van der Waals surface area contributed by atoms with E-state index in [9.17, 15) is 44.3 Å². The van der Waals surface area contributed by atoms with Crippen LogP contribution in [0.1, 0.15) is 59.9 Å². The second-order valence-electron chi connectivity index (χ2n) is 10.7. The van der Waals surface area contributed by atoms with Gasteiger partial charge >= 0.3 is 24.4 Å². The molecule has 0 radical (unpaired) electrons. The van der Waals surface area contributed by atoms with E-state index in [0.717, 1.165) is 12.1 Å². The van der Waals surface area contributed by atoms with Gasteiger partial charge in [-0.05, 0) is 65.7 Å². The smallest absolute Gasteiger partial charge is 0.408 e. The number of carbonyl (C=O) groups excluding carboxylic acids is 2. The number of rotatable bonds is 9. The summed E-state index contributed by atoms with van der Waals surface area (Å²) < 4.78 is 122. The second kappa shape index (κ2) is 12.7. The standard InChI is InChI=1S/C24H31BrF6N2O6S/c1-20(2,3)38-18(34)17(33-19(35)39-21(4,5)6)11-13-32-40(36,37)14-12-22(23(26,27)28,24(29,30)31)15-7-9-16(25)10-8-15/h7-10,13,17H,11-12,14H2,1-6H3,(H,33,35)/t17-/m0/s1. The van der Waals surface area contributed by atoms with Crippen molar-refractivity contribution < 1.29 is 53.8 Å². The van der Waals surface area contributed by atoms with Gasteiger partial charge in [0.2, 0.25) is 0 Å². The van der Waals surface area contributed by atoms with Crippen LogP contribution in [0.4, 0.5) is 31.1 Å². The summed E-state index contributed by atoms with van der Waals surface area (Å²) in [5.41, 5.74) is -7.67. The summed E-state index contributed by atoms with van der Waals surface area (Å²) in [6.07, 6.45) is -14.8. The molecule has 40 heavy (non-hydrogen) atoms. The number of nitrogens with one attached hydrogen (secondary N) is 1. The number of halogens is 7.